The summed E-state index contributed by atoms with van der Waals surface area (Å²) in [6.07, 6.45) is 2.90. The number of benzene rings is 3. The quantitative estimate of drug-likeness (QED) is 0.143. The molecule has 2 amide bonds. The van der Waals surface area contributed by atoms with Gasteiger partial charge in [-0.25, -0.2) is 23.1 Å². The third-order valence-electron chi connectivity index (χ3n) is 8.42. The van der Waals surface area contributed by atoms with Gasteiger partial charge in [0.05, 0.1) is 28.2 Å². The highest BCUT2D eigenvalue weighted by atomic mass is 35.5. The molecule has 0 radical (unpaired) electrons. The third-order valence-corrected chi connectivity index (χ3v) is 8.75. The van der Waals surface area contributed by atoms with Gasteiger partial charge in [0, 0.05) is 19.1 Å². The Morgan fingerprint density at radius 1 is 0.980 bits per heavy atom. The van der Waals surface area contributed by atoms with Gasteiger partial charge in [0.15, 0.2) is 17.3 Å². The van der Waals surface area contributed by atoms with E-state index in [1.54, 1.807) is 36.4 Å². The highest BCUT2D eigenvalue weighted by molar-refractivity contribution is 6.34. The smallest absolute Gasteiger partial charge is 0.338 e. The largest absolute Gasteiger partial charge is 0.456 e. The maximum absolute atomic E-state index is 13.8. The molecule has 2 heterocycles. The Bertz CT molecular complexity index is 2140. The van der Waals surface area contributed by atoms with Gasteiger partial charge in [-0.2, -0.15) is 5.10 Å². The summed E-state index contributed by atoms with van der Waals surface area (Å²) in [4.78, 5) is 44.2. The molecule has 258 valence electrons. The molecule has 6 rings (SSSR count). The zero-order chi connectivity index (χ0) is 35.7. The molecule has 3 N–H and O–H groups in total. The standard InChI is InChI=1S/C37H35ClF2N6O4/c1-20-23-12-14-30(25(23)11-10-24(20)36(49)50-37(2,3)4)41-18-22-16-32(35(48)42-17-21-9-13-28(39)29(40)15-21)44-33-26(19-43-46(22)33)34(47)45-31-8-6-5-7-27(31)38/h5-11,13,15-16,19,30,41H,12,14,17-18H2,1-4H3,(H,42,48)(H,45,47)/t30-/m0/s1. The molecule has 0 bridgehead atoms. The maximum Gasteiger partial charge on any atom is 0.338 e. The predicted octanol–water partition coefficient (Wildman–Crippen LogP) is 6.88. The van der Waals surface area contributed by atoms with Crippen LogP contribution in [0, 0.1) is 18.6 Å². The lowest BCUT2D eigenvalue weighted by atomic mass is 9.97. The molecule has 0 unspecified atom stereocenters. The van der Waals surface area contributed by atoms with Crippen molar-refractivity contribution in [1.82, 2.24) is 25.2 Å². The van der Waals surface area contributed by atoms with Crippen LogP contribution in [0.4, 0.5) is 14.5 Å². The van der Waals surface area contributed by atoms with Gasteiger partial charge in [-0.05, 0) is 99.2 Å². The Morgan fingerprint density at radius 3 is 2.50 bits per heavy atom. The van der Waals surface area contributed by atoms with Crippen molar-refractivity contribution >= 4 is 40.7 Å². The van der Waals surface area contributed by atoms with Crippen molar-refractivity contribution in [3.8, 4) is 0 Å². The number of nitrogens with zero attached hydrogens (tertiary/aromatic N) is 3. The molecule has 0 fully saturated rings. The summed E-state index contributed by atoms with van der Waals surface area (Å²) in [5.74, 6) is -3.50. The lowest BCUT2D eigenvalue weighted by Crippen LogP contribution is -2.26. The lowest BCUT2D eigenvalue weighted by molar-refractivity contribution is 0.00683. The number of halogens is 3. The number of nitrogens with one attached hydrogen (secondary N) is 3. The second-order valence-electron chi connectivity index (χ2n) is 13.1. The maximum atomic E-state index is 13.8. The average Bonchev–Trinajstić information content (AvgIpc) is 3.69. The summed E-state index contributed by atoms with van der Waals surface area (Å²) in [5, 5.41) is 13.8. The van der Waals surface area contributed by atoms with Crippen molar-refractivity contribution in [2.75, 3.05) is 5.32 Å². The van der Waals surface area contributed by atoms with Crippen LogP contribution in [0.2, 0.25) is 5.02 Å². The van der Waals surface area contributed by atoms with Gasteiger partial charge < -0.3 is 20.7 Å². The van der Waals surface area contributed by atoms with E-state index in [0.717, 1.165) is 41.7 Å². The number of para-hydroxylation sites is 1. The lowest BCUT2D eigenvalue weighted by Gasteiger charge is -2.21. The molecule has 50 heavy (non-hydrogen) atoms. The molecular formula is C37H35ClF2N6O4. The van der Waals surface area contributed by atoms with E-state index in [9.17, 15) is 23.2 Å². The first-order valence-corrected chi connectivity index (χ1v) is 16.4. The van der Waals surface area contributed by atoms with E-state index in [4.69, 9.17) is 16.3 Å². The Labute approximate surface area is 292 Å². The van der Waals surface area contributed by atoms with Gasteiger partial charge in [-0.3, -0.25) is 9.59 Å². The van der Waals surface area contributed by atoms with Crippen LogP contribution >= 0.6 is 11.6 Å². The number of esters is 1. The number of rotatable bonds is 9. The number of hydrogen-bond acceptors (Lipinski definition) is 7. The molecule has 5 aromatic rings. The number of amides is 2. The average molecular weight is 701 g/mol. The van der Waals surface area contributed by atoms with Crippen LogP contribution in [-0.2, 0) is 24.2 Å². The zero-order valence-corrected chi connectivity index (χ0v) is 28.6. The van der Waals surface area contributed by atoms with Gasteiger partial charge in [-0.15, -0.1) is 0 Å². The fraction of sp³-hybridized carbons (Fsp3) is 0.270. The van der Waals surface area contributed by atoms with Crippen LogP contribution in [0.5, 0.6) is 0 Å². The Morgan fingerprint density at radius 2 is 1.76 bits per heavy atom. The van der Waals surface area contributed by atoms with Crippen LogP contribution in [0.3, 0.4) is 0 Å². The van der Waals surface area contributed by atoms with Crippen LogP contribution in [0.15, 0.2) is 66.9 Å². The summed E-state index contributed by atoms with van der Waals surface area (Å²) in [6.45, 7) is 7.58. The van der Waals surface area contributed by atoms with Gasteiger partial charge in [-0.1, -0.05) is 35.9 Å². The van der Waals surface area contributed by atoms with Crippen molar-refractivity contribution in [2.24, 2.45) is 0 Å². The van der Waals surface area contributed by atoms with E-state index in [2.05, 4.69) is 26.0 Å². The van der Waals surface area contributed by atoms with Crippen LogP contribution in [0.25, 0.3) is 5.65 Å². The Hall–Kier alpha value is -5.20. The van der Waals surface area contributed by atoms with Gasteiger partial charge in [0.1, 0.15) is 16.9 Å². The molecular weight excluding hydrogens is 666 g/mol. The van der Waals surface area contributed by atoms with E-state index in [1.165, 1.54) is 16.8 Å². The Kier molecular flexibility index (Phi) is 9.68. The molecule has 0 aliphatic heterocycles. The minimum atomic E-state index is -1.03. The third kappa shape index (κ3) is 7.36. The molecule has 0 saturated carbocycles. The molecule has 1 aliphatic rings. The van der Waals surface area contributed by atoms with E-state index >= 15 is 0 Å². The molecule has 13 heteroatoms. The second kappa shape index (κ2) is 14.0. The summed E-state index contributed by atoms with van der Waals surface area (Å²) in [6, 6.07) is 15.4. The van der Waals surface area contributed by atoms with E-state index in [-0.39, 0.29) is 42.0 Å². The first-order valence-electron chi connectivity index (χ1n) is 16.0. The minimum absolute atomic E-state index is 0.00570. The van der Waals surface area contributed by atoms with Crippen molar-refractivity contribution in [3.05, 3.63) is 128 Å². The number of ether oxygens (including phenoxy) is 1. The SMILES string of the molecule is Cc1c(C(=O)OC(C)(C)C)ccc2c1CC[C@@H]2NCc1cc(C(=O)NCc2ccc(F)c(F)c2)nc2c(C(=O)Nc3ccccc3Cl)cnn12. The van der Waals surface area contributed by atoms with E-state index in [0.29, 0.717) is 27.5 Å². The highest BCUT2D eigenvalue weighted by Gasteiger charge is 2.28. The number of hydrogen-bond donors (Lipinski definition) is 3. The first kappa shape index (κ1) is 34.7. The molecule has 2 aromatic heterocycles. The van der Waals surface area contributed by atoms with Crippen molar-refractivity contribution in [1.29, 1.82) is 0 Å². The molecule has 0 saturated heterocycles. The fourth-order valence-electron chi connectivity index (χ4n) is 5.98. The van der Waals surface area contributed by atoms with Crippen molar-refractivity contribution in [3.63, 3.8) is 0 Å². The van der Waals surface area contributed by atoms with Gasteiger partial charge in [0.2, 0.25) is 0 Å². The molecule has 10 nitrogen and oxygen atoms in total. The number of carbonyl (C=O) groups is 3. The number of anilines is 1. The summed E-state index contributed by atoms with van der Waals surface area (Å²) in [7, 11) is 0. The minimum Gasteiger partial charge on any atom is -0.456 e. The second-order valence-corrected chi connectivity index (χ2v) is 13.5. The van der Waals surface area contributed by atoms with Crippen LogP contribution < -0.4 is 16.0 Å². The van der Waals surface area contributed by atoms with E-state index < -0.39 is 29.0 Å². The number of carbonyl (C=O) groups excluding carboxylic acids is 3. The van der Waals surface area contributed by atoms with Gasteiger partial charge >= 0.3 is 5.97 Å². The zero-order valence-electron chi connectivity index (χ0n) is 27.9. The summed E-state index contributed by atoms with van der Waals surface area (Å²) >= 11 is 6.26. The monoisotopic (exact) mass is 700 g/mol. The molecule has 0 spiro atoms. The van der Waals surface area contributed by atoms with Crippen LogP contribution in [-0.4, -0.2) is 38.0 Å². The highest BCUT2D eigenvalue weighted by Crippen LogP contribution is 2.35. The normalized spacial score (nSPS) is 14.0. The van der Waals surface area contributed by atoms with Gasteiger partial charge in [0.25, 0.3) is 11.8 Å². The van der Waals surface area contributed by atoms with E-state index in [1.807, 2.05) is 33.8 Å². The topological polar surface area (TPSA) is 127 Å². The van der Waals surface area contributed by atoms with Crippen molar-refractivity contribution < 1.29 is 27.9 Å². The molecule has 3 aromatic carbocycles. The predicted molar refractivity (Wildman–Crippen MR) is 184 cm³/mol. The fourth-order valence-corrected chi connectivity index (χ4v) is 6.16. The van der Waals surface area contributed by atoms with Crippen molar-refractivity contribution in [2.45, 2.75) is 65.3 Å². The first-order chi connectivity index (χ1) is 23.8. The molecule has 1 atom stereocenters. The number of fused-ring (bicyclic) bond motifs is 2. The Balaban J connectivity index is 1.28. The number of aromatic nitrogens is 3. The summed E-state index contributed by atoms with van der Waals surface area (Å²) < 4.78 is 34.3. The summed E-state index contributed by atoms with van der Waals surface area (Å²) in [5.41, 5.74) is 4.48. The molecule has 1 aliphatic carbocycles. The van der Waals surface area contributed by atoms with Crippen LogP contribution in [0.1, 0.15) is 92.4 Å².